The zero-order valence-electron chi connectivity index (χ0n) is 10.7. The lowest BCUT2D eigenvalue weighted by Crippen LogP contribution is -2.44. The molecule has 102 valence electrons. The third-order valence-corrected chi connectivity index (χ3v) is 4.91. The number of nitrogens with zero attached hydrogens (tertiary/aromatic N) is 2. The van der Waals surface area contributed by atoms with Crippen LogP contribution in [0.1, 0.15) is 18.4 Å². The summed E-state index contributed by atoms with van der Waals surface area (Å²) in [6.45, 7) is 1.50. The molecule has 4 nitrogen and oxygen atoms in total. The van der Waals surface area contributed by atoms with E-state index < -0.39 is 5.41 Å². The normalized spacial score (nSPS) is 17.7. The molecule has 0 atom stereocenters. The van der Waals surface area contributed by atoms with Gasteiger partial charge < -0.3 is 9.64 Å². The van der Waals surface area contributed by atoms with E-state index in [1.807, 2.05) is 11.4 Å². The molecule has 0 bridgehead atoms. The van der Waals surface area contributed by atoms with Crippen molar-refractivity contribution in [2.24, 2.45) is 5.41 Å². The highest BCUT2D eigenvalue weighted by atomic mass is 79.9. The van der Waals surface area contributed by atoms with E-state index in [9.17, 15) is 10.1 Å². The van der Waals surface area contributed by atoms with Crippen molar-refractivity contribution in [1.29, 1.82) is 5.26 Å². The highest BCUT2D eigenvalue weighted by molar-refractivity contribution is 9.11. The van der Waals surface area contributed by atoms with Crippen LogP contribution in [0.15, 0.2) is 15.2 Å². The number of amides is 1. The van der Waals surface area contributed by atoms with E-state index in [0.29, 0.717) is 32.6 Å². The highest BCUT2D eigenvalue weighted by Crippen LogP contribution is 2.32. The number of halogens is 1. The second kappa shape index (κ2) is 6.04. The molecule has 1 aromatic heterocycles. The van der Waals surface area contributed by atoms with Crippen molar-refractivity contribution in [3.63, 3.8) is 0 Å². The maximum Gasteiger partial charge on any atom is 0.243 e. The molecule has 1 aromatic rings. The number of carbonyl (C=O) groups is 1. The van der Waals surface area contributed by atoms with E-state index in [-0.39, 0.29) is 5.91 Å². The van der Waals surface area contributed by atoms with Gasteiger partial charge in [0.15, 0.2) is 0 Å². The van der Waals surface area contributed by atoms with Crippen LogP contribution < -0.4 is 0 Å². The average molecular weight is 343 g/mol. The van der Waals surface area contributed by atoms with Crippen molar-refractivity contribution in [3.8, 4) is 6.07 Å². The van der Waals surface area contributed by atoms with E-state index >= 15 is 0 Å². The van der Waals surface area contributed by atoms with Gasteiger partial charge in [0.1, 0.15) is 5.41 Å². The molecule has 1 saturated heterocycles. The lowest BCUT2D eigenvalue weighted by atomic mass is 9.80. The largest absolute Gasteiger partial charge is 0.381 e. The summed E-state index contributed by atoms with van der Waals surface area (Å²) in [7, 11) is 1.75. The van der Waals surface area contributed by atoms with Crippen LogP contribution in [0.2, 0.25) is 0 Å². The standard InChI is InChI=1S/C13H15BrN2O2S/c1-16(7-10-6-11(14)19-8-10)12(17)13(9-15)2-4-18-5-3-13/h6,8H,2-5,7H2,1H3. The first-order chi connectivity index (χ1) is 9.07. The second-order valence-electron chi connectivity index (χ2n) is 4.73. The molecule has 0 N–H and O–H groups in total. The molecule has 1 aliphatic heterocycles. The van der Waals surface area contributed by atoms with E-state index in [1.54, 1.807) is 23.3 Å². The van der Waals surface area contributed by atoms with Crippen molar-refractivity contribution < 1.29 is 9.53 Å². The Morgan fingerprint density at radius 1 is 1.63 bits per heavy atom. The summed E-state index contributed by atoms with van der Waals surface area (Å²) in [5.41, 5.74) is 0.174. The third-order valence-electron chi connectivity index (χ3n) is 3.36. The van der Waals surface area contributed by atoms with Crippen LogP contribution in [0.25, 0.3) is 0 Å². The molecule has 2 heterocycles. The Morgan fingerprint density at radius 2 is 2.32 bits per heavy atom. The Hall–Kier alpha value is -0.900. The minimum absolute atomic E-state index is 0.0966. The Kier molecular flexibility index (Phi) is 4.61. The van der Waals surface area contributed by atoms with Crippen molar-refractivity contribution in [2.75, 3.05) is 20.3 Å². The molecule has 1 amide bonds. The van der Waals surface area contributed by atoms with Gasteiger partial charge in [-0.1, -0.05) is 0 Å². The summed E-state index contributed by atoms with van der Waals surface area (Å²) in [5.74, 6) is -0.0966. The molecule has 0 unspecified atom stereocenters. The maximum absolute atomic E-state index is 12.5. The third kappa shape index (κ3) is 3.16. The van der Waals surface area contributed by atoms with Crippen molar-refractivity contribution in [3.05, 3.63) is 20.8 Å². The Balaban J connectivity index is 2.07. The molecule has 0 spiro atoms. The number of carbonyl (C=O) groups excluding carboxylic acids is 1. The number of thiophene rings is 1. The molecule has 6 heteroatoms. The van der Waals surface area contributed by atoms with Crippen LogP contribution in [-0.4, -0.2) is 31.1 Å². The zero-order chi connectivity index (χ0) is 13.9. The monoisotopic (exact) mass is 342 g/mol. The van der Waals surface area contributed by atoms with Gasteiger partial charge in [-0.2, -0.15) is 5.26 Å². The second-order valence-corrected chi connectivity index (χ2v) is 7.02. The fourth-order valence-corrected chi connectivity index (χ4v) is 3.43. The van der Waals surface area contributed by atoms with Crippen LogP contribution in [-0.2, 0) is 16.1 Å². The summed E-state index contributed by atoms with van der Waals surface area (Å²) in [4.78, 5) is 14.1. The van der Waals surface area contributed by atoms with E-state index in [1.165, 1.54) is 0 Å². The van der Waals surface area contributed by atoms with Gasteiger partial charge in [-0.15, -0.1) is 11.3 Å². The van der Waals surface area contributed by atoms with Crippen molar-refractivity contribution in [2.45, 2.75) is 19.4 Å². The molecule has 0 aliphatic carbocycles. The van der Waals surface area contributed by atoms with Crippen LogP contribution >= 0.6 is 27.3 Å². The minimum atomic E-state index is -0.903. The smallest absolute Gasteiger partial charge is 0.243 e. The number of hydrogen-bond acceptors (Lipinski definition) is 4. The fraction of sp³-hybridized carbons (Fsp3) is 0.538. The van der Waals surface area contributed by atoms with Gasteiger partial charge in [0.2, 0.25) is 5.91 Å². The molecular weight excluding hydrogens is 328 g/mol. The minimum Gasteiger partial charge on any atom is -0.381 e. The average Bonchev–Trinajstić information content (AvgIpc) is 2.84. The quantitative estimate of drug-likeness (QED) is 0.848. The lowest BCUT2D eigenvalue weighted by Gasteiger charge is -2.32. The predicted octanol–water partition coefficient (Wildman–Crippen LogP) is 2.79. The van der Waals surface area contributed by atoms with Gasteiger partial charge in [0, 0.05) is 26.8 Å². The Labute approximate surface area is 125 Å². The molecule has 1 aliphatic rings. The first-order valence-electron chi connectivity index (χ1n) is 6.05. The maximum atomic E-state index is 12.5. The Bertz CT molecular complexity index is 503. The van der Waals surface area contributed by atoms with Gasteiger partial charge in [-0.3, -0.25) is 4.79 Å². The van der Waals surface area contributed by atoms with Crippen LogP contribution in [0.5, 0.6) is 0 Å². The van der Waals surface area contributed by atoms with E-state index in [2.05, 4.69) is 22.0 Å². The number of hydrogen-bond donors (Lipinski definition) is 0. The molecule has 19 heavy (non-hydrogen) atoms. The van der Waals surface area contributed by atoms with Crippen LogP contribution in [0.3, 0.4) is 0 Å². The lowest BCUT2D eigenvalue weighted by molar-refractivity contribution is -0.142. The van der Waals surface area contributed by atoms with Gasteiger partial charge in [0.05, 0.1) is 9.86 Å². The SMILES string of the molecule is CN(Cc1csc(Br)c1)C(=O)C1(C#N)CCOCC1. The molecule has 0 saturated carbocycles. The van der Waals surface area contributed by atoms with Crippen LogP contribution in [0.4, 0.5) is 0 Å². The fourth-order valence-electron chi connectivity index (χ4n) is 2.23. The van der Waals surface area contributed by atoms with E-state index in [4.69, 9.17) is 4.74 Å². The van der Waals surface area contributed by atoms with Crippen molar-refractivity contribution in [1.82, 2.24) is 4.90 Å². The highest BCUT2D eigenvalue weighted by Gasteiger charge is 2.42. The van der Waals surface area contributed by atoms with Gasteiger partial charge in [-0.25, -0.2) is 0 Å². The Morgan fingerprint density at radius 3 is 2.84 bits per heavy atom. The van der Waals surface area contributed by atoms with Gasteiger partial charge in [0.25, 0.3) is 0 Å². The topological polar surface area (TPSA) is 53.3 Å². The number of nitriles is 1. The molecule has 0 radical (unpaired) electrons. The summed E-state index contributed by atoms with van der Waals surface area (Å²) < 4.78 is 6.30. The van der Waals surface area contributed by atoms with Gasteiger partial charge >= 0.3 is 0 Å². The zero-order valence-corrected chi connectivity index (χ0v) is 13.1. The first kappa shape index (κ1) is 14.5. The number of ether oxygens (including phenoxy) is 1. The summed E-state index contributed by atoms with van der Waals surface area (Å²) >= 11 is 5.00. The van der Waals surface area contributed by atoms with E-state index in [0.717, 1.165) is 9.35 Å². The molecule has 2 rings (SSSR count). The molecule has 1 fully saturated rings. The summed E-state index contributed by atoms with van der Waals surface area (Å²) in [6.07, 6.45) is 0.972. The first-order valence-corrected chi connectivity index (χ1v) is 7.72. The number of rotatable bonds is 3. The molecule has 0 aromatic carbocycles. The van der Waals surface area contributed by atoms with Gasteiger partial charge in [-0.05, 0) is 45.8 Å². The summed E-state index contributed by atoms with van der Waals surface area (Å²) in [6, 6.07) is 4.21. The predicted molar refractivity (Wildman–Crippen MR) is 76.6 cm³/mol. The van der Waals surface area contributed by atoms with Crippen molar-refractivity contribution >= 4 is 33.2 Å². The molecular formula is C13H15BrN2O2S. The van der Waals surface area contributed by atoms with Crippen LogP contribution in [0, 0.1) is 16.7 Å². The summed E-state index contributed by atoms with van der Waals surface area (Å²) in [5, 5.41) is 11.4.